The molecule has 0 fully saturated rings. The number of rotatable bonds is 5. The molecule has 3 aromatic rings. The Morgan fingerprint density at radius 2 is 1.67 bits per heavy atom. The Kier molecular flexibility index (Phi) is 4.89. The normalized spacial score (nSPS) is 10.7. The van der Waals surface area contributed by atoms with Crippen molar-refractivity contribution in [2.45, 2.75) is 13.8 Å². The zero-order valence-corrected chi connectivity index (χ0v) is 16.2. The number of anilines is 1. The van der Waals surface area contributed by atoms with E-state index in [4.69, 9.17) is 14.2 Å². The van der Waals surface area contributed by atoms with Gasteiger partial charge in [0.05, 0.1) is 38.0 Å². The number of nitrogens with zero attached hydrogens (tertiary/aromatic N) is 3. The summed E-state index contributed by atoms with van der Waals surface area (Å²) in [6.07, 6.45) is 0. The summed E-state index contributed by atoms with van der Waals surface area (Å²) in [4.78, 5) is 17.5. The lowest BCUT2D eigenvalue weighted by Gasteiger charge is -2.15. The molecule has 0 aliphatic carbocycles. The number of nitrogens with one attached hydrogen (secondary N) is 1. The van der Waals surface area contributed by atoms with Gasteiger partial charge in [0.2, 0.25) is 5.75 Å². The number of carbonyl (C=O) groups excluding carboxylic acids is 1. The number of hydrogen-bond acceptors (Lipinski definition) is 6. The molecule has 0 spiro atoms. The van der Waals surface area contributed by atoms with Crippen molar-refractivity contribution in [2.75, 3.05) is 26.6 Å². The maximum atomic E-state index is 13.0. The molecule has 1 amide bonds. The maximum absolute atomic E-state index is 13.0. The number of aromatic nitrogens is 3. The number of carbonyl (C=O) groups is 1. The summed E-state index contributed by atoms with van der Waals surface area (Å²) >= 11 is 0. The second-order valence-corrected chi connectivity index (χ2v) is 6.09. The van der Waals surface area contributed by atoms with Crippen LogP contribution in [-0.4, -0.2) is 42.0 Å². The Morgan fingerprint density at radius 1 is 1.04 bits per heavy atom. The largest absolute Gasteiger partial charge is 0.493 e. The Balaban J connectivity index is 2.05. The molecule has 1 N–H and O–H groups in total. The average Bonchev–Trinajstić information content (AvgIpc) is 2.93. The predicted molar refractivity (Wildman–Crippen MR) is 102 cm³/mol. The van der Waals surface area contributed by atoms with Gasteiger partial charge in [-0.15, -0.1) is 0 Å². The van der Waals surface area contributed by atoms with Crippen molar-refractivity contribution in [3.05, 3.63) is 35.2 Å². The van der Waals surface area contributed by atoms with E-state index in [-0.39, 0.29) is 5.91 Å². The van der Waals surface area contributed by atoms with E-state index < -0.39 is 0 Å². The average molecular weight is 370 g/mol. The smallest absolute Gasteiger partial charge is 0.256 e. The number of ether oxygens (including phenoxy) is 3. The van der Waals surface area contributed by atoms with Gasteiger partial charge < -0.3 is 19.5 Å². The van der Waals surface area contributed by atoms with Crippen molar-refractivity contribution in [2.24, 2.45) is 7.05 Å². The molecular weight excluding hydrogens is 348 g/mol. The zero-order chi connectivity index (χ0) is 19.7. The van der Waals surface area contributed by atoms with E-state index in [0.29, 0.717) is 34.1 Å². The van der Waals surface area contributed by atoms with E-state index in [0.717, 1.165) is 16.8 Å². The highest BCUT2D eigenvalue weighted by atomic mass is 16.5. The maximum Gasteiger partial charge on any atom is 0.256 e. The van der Waals surface area contributed by atoms with Gasteiger partial charge in [0.15, 0.2) is 17.1 Å². The van der Waals surface area contributed by atoms with E-state index in [2.05, 4.69) is 15.4 Å². The molecule has 0 saturated heterocycles. The van der Waals surface area contributed by atoms with Gasteiger partial charge in [-0.1, -0.05) is 0 Å². The number of aryl methyl sites for hydroxylation is 3. The summed E-state index contributed by atoms with van der Waals surface area (Å²) in [6.45, 7) is 3.70. The van der Waals surface area contributed by atoms with Crippen LogP contribution >= 0.6 is 0 Å². The summed E-state index contributed by atoms with van der Waals surface area (Å²) in [5.74, 6) is 1.11. The van der Waals surface area contributed by atoms with Gasteiger partial charge in [0.25, 0.3) is 5.91 Å². The quantitative estimate of drug-likeness (QED) is 0.743. The van der Waals surface area contributed by atoms with Crippen LogP contribution in [0.5, 0.6) is 17.2 Å². The van der Waals surface area contributed by atoms with Crippen LogP contribution in [0.3, 0.4) is 0 Å². The SMILES string of the molecule is COc1cc(NC(=O)c2cc(C)nc3c2c(C)nn3C)cc(OC)c1OC. The van der Waals surface area contributed by atoms with Crippen LogP contribution in [0.4, 0.5) is 5.69 Å². The third-order valence-corrected chi connectivity index (χ3v) is 4.26. The minimum atomic E-state index is -0.268. The first-order valence-electron chi connectivity index (χ1n) is 8.31. The van der Waals surface area contributed by atoms with Crippen LogP contribution in [0.1, 0.15) is 21.7 Å². The highest BCUT2D eigenvalue weighted by Gasteiger charge is 2.19. The van der Waals surface area contributed by atoms with Crippen molar-refractivity contribution in [1.29, 1.82) is 0 Å². The number of pyridine rings is 1. The molecule has 0 radical (unpaired) electrons. The van der Waals surface area contributed by atoms with E-state index in [1.54, 1.807) is 22.9 Å². The molecule has 1 aromatic carbocycles. The van der Waals surface area contributed by atoms with E-state index in [1.807, 2.05) is 20.9 Å². The second kappa shape index (κ2) is 7.14. The summed E-state index contributed by atoms with van der Waals surface area (Å²) in [6, 6.07) is 5.12. The molecule has 0 saturated carbocycles. The Labute approximate surface area is 157 Å². The van der Waals surface area contributed by atoms with Gasteiger partial charge in [0, 0.05) is 30.6 Å². The van der Waals surface area contributed by atoms with Crippen LogP contribution in [0.15, 0.2) is 18.2 Å². The molecule has 0 aliphatic rings. The first kappa shape index (κ1) is 18.5. The van der Waals surface area contributed by atoms with Gasteiger partial charge in [-0.2, -0.15) is 5.10 Å². The number of methoxy groups -OCH3 is 3. The molecule has 8 nitrogen and oxygen atoms in total. The lowest BCUT2D eigenvalue weighted by molar-refractivity contribution is 0.102. The van der Waals surface area contributed by atoms with Gasteiger partial charge in [0.1, 0.15) is 0 Å². The number of benzene rings is 1. The molecule has 2 heterocycles. The Morgan fingerprint density at radius 3 is 2.22 bits per heavy atom. The number of fused-ring (bicyclic) bond motifs is 1. The van der Waals surface area contributed by atoms with Crippen molar-refractivity contribution >= 4 is 22.6 Å². The second-order valence-electron chi connectivity index (χ2n) is 6.09. The van der Waals surface area contributed by atoms with E-state index in [1.165, 1.54) is 21.3 Å². The summed E-state index contributed by atoms with van der Waals surface area (Å²) in [5.41, 5.74) is 3.19. The van der Waals surface area contributed by atoms with Crippen molar-refractivity contribution in [3.8, 4) is 17.2 Å². The van der Waals surface area contributed by atoms with Crippen LogP contribution in [0, 0.1) is 13.8 Å². The van der Waals surface area contributed by atoms with Crippen LogP contribution in [0.25, 0.3) is 11.0 Å². The third-order valence-electron chi connectivity index (χ3n) is 4.26. The first-order valence-corrected chi connectivity index (χ1v) is 8.31. The minimum Gasteiger partial charge on any atom is -0.493 e. The van der Waals surface area contributed by atoms with E-state index in [9.17, 15) is 4.79 Å². The van der Waals surface area contributed by atoms with Gasteiger partial charge in [-0.3, -0.25) is 9.48 Å². The third kappa shape index (κ3) is 3.25. The van der Waals surface area contributed by atoms with Crippen molar-refractivity contribution in [3.63, 3.8) is 0 Å². The Bertz CT molecular complexity index is 1000. The summed E-state index contributed by atoms with van der Waals surface area (Å²) in [5, 5.41) is 8.00. The van der Waals surface area contributed by atoms with E-state index >= 15 is 0 Å². The van der Waals surface area contributed by atoms with Crippen LogP contribution in [-0.2, 0) is 7.05 Å². The highest BCUT2D eigenvalue weighted by Crippen LogP contribution is 2.40. The molecule has 27 heavy (non-hydrogen) atoms. The summed E-state index contributed by atoms with van der Waals surface area (Å²) in [7, 11) is 6.39. The monoisotopic (exact) mass is 370 g/mol. The molecule has 142 valence electrons. The van der Waals surface area contributed by atoms with Gasteiger partial charge in [-0.05, 0) is 19.9 Å². The molecule has 0 atom stereocenters. The highest BCUT2D eigenvalue weighted by molar-refractivity contribution is 6.12. The van der Waals surface area contributed by atoms with Crippen molar-refractivity contribution in [1.82, 2.24) is 14.8 Å². The molecule has 0 aliphatic heterocycles. The van der Waals surface area contributed by atoms with Crippen LogP contribution in [0.2, 0.25) is 0 Å². The standard InChI is InChI=1S/C19H22N4O4/c1-10-7-13(16-11(2)22-23(3)18(16)20-10)19(24)21-12-8-14(25-4)17(27-6)15(9-12)26-5/h7-9H,1-6H3,(H,21,24). The molecule has 8 heteroatoms. The Hall–Kier alpha value is -3.29. The molecule has 0 bridgehead atoms. The van der Waals surface area contributed by atoms with Crippen molar-refractivity contribution < 1.29 is 19.0 Å². The van der Waals surface area contributed by atoms with Crippen LogP contribution < -0.4 is 19.5 Å². The number of hydrogen-bond donors (Lipinski definition) is 1. The zero-order valence-electron chi connectivity index (χ0n) is 16.2. The molecule has 0 unspecified atom stereocenters. The summed E-state index contributed by atoms with van der Waals surface area (Å²) < 4.78 is 17.7. The van der Waals surface area contributed by atoms with Gasteiger partial charge >= 0.3 is 0 Å². The molecule has 2 aromatic heterocycles. The lowest BCUT2D eigenvalue weighted by atomic mass is 10.1. The minimum absolute atomic E-state index is 0.268. The fourth-order valence-electron chi connectivity index (χ4n) is 3.10. The number of amides is 1. The van der Waals surface area contributed by atoms with Gasteiger partial charge in [-0.25, -0.2) is 4.98 Å². The fourth-order valence-corrected chi connectivity index (χ4v) is 3.10. The molecule has 3 rings (SSSR count). The first-order chi connectivity index (χ1) is 12.9. The lowest BCUT2D eigenvalue weighted by Crippen LogP contribution is -2.14. The fraction of sp³-hybridized carbons (Fsp3) is 0.316. The molecular formula is C19H22N4O4. The topological polar surface area (TPSA) is 87.5 Å². The predicted octanol–water partition coefficient (Wildman–Crippen LogP) is 2.86.